The van der Waals surface area contributed by atoms with Crippen molar-refractivity contribution < 1.29 is 0 Å². The Bertz CT molecular complexity index is 767. The van der Waals surface area contributed by atoms with Gasteiger partial charge in [-0.2, -0.15) is 0 Å². The molecule has 3 aromatic rings. The van der Waals surface area contributed by atoms with Gasteiger partial charge in [-0.3, -0.25) is 0 Å². The molecule has 0 unspecified atom stereocenters. The summed E-state index contributed by atoms with van der Waals surface area (Å²) in [6, 6.07) is 8.01. The normalized spacial score (nSPS) is 11.2. The third-order valence-electron chi connectivity index (χ3n) is 3.40. The van der Waals surface area contributed by atoms with Crippen molar-refractivity contribution in [2.24, 2.45) is 0 Å². The number of thiazole rings is 1. The molecular formula is C17H19N3S2. The second kappa shape index (κ2) is 7.20. The molecule has 0 bridgehead atoms. The second-order valence-corrected chi connectivity index (χ2v) is 7.13. The molecule has 0 N–H and O–H groups in total. The zero-order valence-electron chi connectivity index (χ0n) is 12.9. The number of hydrogen-bond acceptors (Lipinski definition) is 5. The molecule has 22 heavy (non-hydrogen) atoms. The molecule has 0 aliphatic heterocycles. The van der Waals surface area contributed by atoms with Crippen molar-refractivity contribution in [3.05, 3.63) is 46.0 Å². The van der Waals surface area contributed by atoms with Gasteiger partial charge in [0.15, 0.2) is 0 Å². The fourth-order valence-corrected chi connectivity index (χ4v) is 4.00. The molecule has 0 fully saturated rings. The number of nitrogens with zero attached hydrogens (tertiary/aromatic N) is 3. The van der Waals surface area contributed by atoms with E-state index in [9.17, 15) is 0 Å². The Labute approximate surface area is 139 Å². The van der Waals surface area contributed by atoms with Crippen LogP contribution in [0.3, 0.4) is 0 Å². The Balaban J connectivity index is 1.70. The average molecular weight is 329 g/mol. The van der Waals surface area contributed by atoms with Crippen molar-refractivity contribution in [1.29, 1.82) is 0 Å². The molecule has 0 radical (unpaired) electrons. The molecule has 3 rings (SSSR count). The number of rotatable bonds is 6. The van der Waals surface area contributed by atoms with E-state index in [1.165, 1.54) is 17.8 Å². The summed E-state index contributed by atoms with van der Waals surface area (Å²) in [5.41, 5.74) is 4.05. The highest BCUT2D eigenvalue weighted by Gasteiger charge is 2.08. The van der Waals surface area contributed by atoms with Gasteiger partial charge in [-0.15, -0.1) is 11.3 Å². The van der Waals surface area contributed by atoms with Crippen LogP contribution in [-0.4, -0.2) is 15.0 Å². The number of fused-ring (bicyclic) bond motifs is 1. The Morgan fingerprint density at radius 3 is 2.64 bits per heavy atom. The van der Waals surface area contributed by atoms with E-state index >= 15 is 0 Å². The average Bonchev–Trinajstić information content (AvgIpc) is 2.98. The summed E-state index contributed by atoms with van der Waals surface area (Å²) >= 11 is 3.49. The van der Waals surface area contributed by atoms with Crippen LogP contribution in [0.15, 0.2) is 34.7 Å². The van der Waals surface area contributed by atoms with Gasteiger partial charge < -0.3 is 0 Å². The largest absolute Gasteiger partial charge is 0.249 e. The minimum absolute atomic E-state index is 0.858. The molecule has 5 heteroatoms. The Morgan fingerprint density at radius 2 is 1.86 bits per heavy atom. The molecule has 2 aromatic heterocycles. The lowest BCUT2D eigenvalue weighted by Gasteiger charge is -2.05. The first-order valence-corrected chi connectivity index (χ1v) is 9.42. The highest BCUT2D eigenvalue weighted by atomic mass is 32.2. The number of hydrogen-bond donors (Lipinski definition) is 0. The van der Waals surface area contributed by atoms with Gasteiger partial charge in [-0.05, 0) is 31.9 Å². The summed E-state index contributed by atoms with van der Waals surface area (Å²) < 4.78 is 0. The molecule has 0 amide bonds. The lowest BCUT2D eigenvalue weighted by Crippen LogP contribution is -1.93. The van der Waals surface area contributed by atoms with Crippen LogP contribution in [0.1, 0.15) is 36.2 Å². The molecule has 1 aromatic carbocycles. The van der Waals surface area contributed by atoms with Gasteiger partial charge in [0.1, 0.15) is 5.03 Å². The van der Waals surface area contributed by atoms with E-state index in [0.29, 0.717) is 0 Å². The van der Waals surface area contributed by atoms with E-state index in [2.05, 4.69) is 17.3 Å². The Hall–Kier alpha value is -1.46. The first-order chi connectivity index (χ1) is 10.8. The fraction of sp³-hybridized carbons (Fsp3) is 0.353. The molecule has 0 spiro atoms. The van der Waals surface area contributed by atoms with Crippen LogP contribution in [0.4, 0.5) is 0 Å². The predicted molar refractivity (Wildman–Crippen MR) is 94.6 cm³/mol. The first kappa shape index (κ1) is 15.4. The number of unbranched alkanes of at least 4 members (excludes halogenated alkanes) is 1. The third kappa shape index (κ3) is 3.65. The number of aryl methyl sites for hydroxylation is 2. The summed E-state index contributed by atoms with van der Waals surface area (Å²) in [5.74, 6) is 0.858. The molecule has 0 saturated carbocycles. The van der Waals surface area contributed by atoms with E-state index in [1.54, 1.807) is 23.1 Å². The standard InChI is InChI=1S/C17H19N3S2/c1-3-4-9-16-19-13(10-21-16)11-22-17-12(2)18-14-7-5-6-8-15(14)20-17/h5-8,10H,3-4,9,11H2,1-2H3. The zero-order chi connectivity index (χ0) is 15.4. The van der Waals surface area contributed by atoms with Crippen LogP contribution in [0.25, 0.3) is 11.0 Å². The predicted octanol–water partition coefficient (Wildman–Crippen LogP) is 5.03. The van der Waals surface area contributed by atoms with E-state index in [1.807, 2.05) is 31.2 Å². The van der Waals surface area contributed by atoms with Crippen LogP contribution < -0.4 is 0 Å². The van der Waals surface area contributed by atoms with Crippen molar-refractivity contribution in [2.45, 2.75) is 43.9 Å². The molecule has 3 nitrogen and oxygen atoms in total. The second-order valence-electron chi connectivity index (χ2n) is 5.23. The highest BCUT2D eigenvalue weighted by Crippen LogP contribution is 2.26. The third-order valence-corrected chi connectivity index (χ3v) is 5.46. The smallest absolute Gasteiger partial charge is 0.118 e. The first-order valence-electron chi connectivity index (χ1n) is 7.55. The number of thioether (sulfide) groups is 1. The maximum atomic E-state index is 4.72. The van der Waals surface area contributed by atoms with Crippen molar-refractivity contribution in [3.63, 3.8) is 0 Å². The van der Waals surface area contributed by atoms with Crippen molar-refractivity contribution in [2.75, 3.05) is 0 Å². The summed E-state index contributed by atoms with van der Waals surface area (Å²) in [4.78, 5) is 14.1. The fourth-order valence-electron chi connectivity index (χ4n) is 2.21. The molecule has 0 aliphatic rings. The molecule has 0 saturated heterocycles. The number of benzene rings is 1. The summed E-state index contributed by atoms with van der Waals surface area (Å²) in [6.07, 6.45) is 3.53. The quantitative estimate of drug-likeness (QED) is 0.595. The van der Waals surface area contributed by atoms with Crippen LogP contribution in [-0.2, 0) is 12.2 Å². The van der Waals surface area contributed by atoms with Gasteiger partial charge in [0.2, 0.25) is 0 Å². The zero-order valence-corrected chi connectivity index (χ0v) is 14.5. The van der Waals surface area contributed by atoms with E-state index in [-0.39, 0.29) is 0 Å². The number of para-hydroxylation sites is 2. The molecule has 2 heterocycles. The maximum Gasteiger partial charge on any atom is 0.118 e. The van der Waals surface area contributed by atoms with Crippen molar-refractivity contribution >= 4 is 34.1 Å². The topological polar surface area (TPSA) is 38.7 Å². The van der Waals surface area contributed by atoms with Gasteiger partial charge >= 0.3 is 0 Å². The summed E-state index contributed by atoms with van der Waals surface area (Å²) in [7, 11) is 0. The molecular weight excluding hydrogens is 310 g/mol. The van der Waals surface area contributed by atoms with Crippen molar-refractivity contribution in [3.8, 4) is 0 Å². The molecule has 0 atom stereocenters. The van der Waals surface area contributed by atoms with Gasteiger partial charge in [0.05, 0.1) is 27.4 Å². The summed E-state index contributed by atoms with van der Waals surface area (Å²) in [5, 5.41) is 4.42. The van der Waals surface area contributed by atoms with Gasteiger partial charge in [0, 0.05) is 11.1 Å². The highest BCUT2D eigenvalue weighted by molar-refractivity contribution is 7.98. The lowest BCUT2D eigenvalue weighted by molar-refractivity contribution is 0.788. The minimum Gasteiger partial charge on any atom is -0.249 e. The van der Waals surface area contributed by atoms with Crippen LogP contribution in [0.2, 0.25) is 0 Å². The van der Waals surface area contributed by atoms with Crippen molar-refractivity contribution in [1.82, 2.24) is 15.0 Å². The molecule has 0 aliphatic carbocycles. The Kier molecular flexibility index (Phi) is 5.05. The SMILES string of the molecule is CCCCc1nc(CSc2nc3ccccc3nc2C)cs1. The number of aromatic nitrogens is 3. The van der Waals surface area contributed by atoms with Gasteiger partial charge in [-0.1, -0.05) is 37.2 Å². The van der Waals surface area contributed by atoms with E-state index < -0.39 is 0 Å². The van der Waals surface area contributed by atoms with Crippen LogP contribution >= 0.6 is 23.1 Å². The Morgan fingerprint density at radius 1 is 1.09 bits per heavy atom. The lowest BCUT2D eigenvalue weighted by atomic mass is 10.3. The molecule has 114 valence electrons. The van der Waals surface area contributed by atoms with Crippen LogP contribution in [0.5, 0.6) is 0 Å². The minimum atomic E-state index is 0.858. The van der Waals surface area contributed by atoms with E-state index in [4.69, 9.17) is 9.97 Å². The maximum absolute atomic E-state index is 4.72. The summed E-state index contributed by atoms with van der Waals surface area (Å²) in [6.45, 7) is 4.24. The van der Waals surface area contributed by atoms with Gasteiger partial charge in [0.25, 0.3) is 0 Å². The van der Waals surface area contributed by atoms with E-state index in [0.717, 1.165) is 39.6 Å². The van der Waals surface area contributed by atoms with Gasteiger partial charge in [-0.25, -0.2) is 15.0 Å². The van der Waals surface area contributed by atoms with Crippen LogP contribution in [0, 0.1) is 6.92 Å². The monoisotopic (exact) mass is 329 g/mol.